The second-order valence-electron chi connectivity index (χ2n) is 6.68. The highest BCUT2D eigenvalue weighted by atomic mass is 16.4. The number of amides is 2. The van der Waals surface area contributed by atoms with E-state index in [1.165, 1.54) is 0 Å². The van der Waals surface area contributed by atoms with Crippen LogP contribution < -0.4 is 5.76 Å². The molecular weight excluding hydrogens is 348 g/mol. The van der Waals surface area contributed by atoms with Crippen molar-refractivity contribution in [3.05, 3.63) is 58.3 Å². The molecule has 0 radical (unpaired) electrons. The van der Waals surface area contributed by atoms with Gasteiger partial charge >= 0.3 is 5.76 Å². The van der Waals surface area contributed by atoms with E-state index in [4.69, 9.17) is 4.42 Å². The van der Waals surface area contributed by atoms with Crippen molar-refractivity contribution in [1.82, 2.24) is 19.8 Å². The van der Waals surface area contributed by atoms with Gasteiger partial charge in [0.15, 0.2) is 5.58 Å². The number of aromatic nitrogens is 2. The van der Waals surface area contributed by atoms with Crippen molar-refractivity contribution in [3.63, 3.8) is 0 Å². The van der Waals surface area contributed by atoms with Crippen molar-refractivity contribution in [3.8, 4) is 0 Å². The van der Waals surface area contributed by atoms with Gasteiger partial charge in [-0.2, -0.15) is 0 Å². The molecule has 27 heavy (non-hydrogen) atoms. The van der Waals surface area contributed by atoms with Crippen LogP contribution in [0.3, 0.4) is 0 Å². The highest BCUT2D eigenvalue weighted by Crippen LogP contribution is 2.14. The summed E-state index contributed by atoms with van der Waals surface area (Å²) in [7, 11) is 0. The lowest BCUT2D eigenvalue weighted by Gasteiger charge is -2.35. The standard InChI is InChI=1S/C19H20N4O4/c24-17(10-13-1-2-16-15(9-13)21-19(26)27-16)22-5-7-23(8-6-22)18(25)11-14-3-4-20-12-14/h1-4,9,12,20H,5-8,10-11H2,(H,21,26). The van der Waals surface area contributed by atoms with E-state index in [2.05, 4.69) is 9.97 Å². The van der Waals surface area contributed by atoms with Crippen molar-refractivity contribution in [1.29, 1.82) is 0 Å². The molecule has 0 atom stereocenters. The number of rotatable bonds is 4. The third kappa shape index (κ3) is 3.79. The first kappa shape index (κ1) is 17.1. The van der Waals surface area contributed by atoms with Gasteiger partial charge in [-0.15, -0.1) is 0 Å². The van der Waals surface area contributed by atoms with Crippen LogP contribution in [0, 0.1) is 0 Å². The molecule has 3 aromatic rings. The summed E-state index contributed by atoms with van der Waals surface area (Å²) in [6.45, 7) is 2.15. The van der Waals surface area contributed by atoms with Crippen molar-refractivity contribution in [2.75, 3.05) is 26.2 Å². The van der Waals surface area contributed by atoms with Gasteiger partial charge in [-0.1, -0.05) is 6.07 Å². The Morgan fingerprint density at radius 3 is 2.26 bits per heavy atom. The highest BCUT2D eigenvalue weighted by molar-refractivity contribution is 5.82. The van der Waals surface area contributed by atoms with Gasteiger partial charge in [-0.3, -0.25) is 14.6 Å². The molecule has 0 spiro atoms. The van der Waals surface area contributed by atoms with E-state index in [1.54, 1.807) is 34.2 Å². The second-order valence-corrected chi connectivity index (χ2v) is 6.68. The molecule has 1 aliphatic rings. The van der Waals surface area contributed by atoms with Crippen LogP contribution in [0.2, 0.25) is 0 Å². The van der Waals surface area contributed by atoms with Crippen molar-refractivity contribution in [2.24, 2.45) is 0 Å². The molecule has 2 aromatic heterocycles. The molecule has 4 rings (SSSR count). The Hall–Kier alpha value is -3.29. The fourth-order valence-corrected chi connectivity index (χ4v) is 3.36. The molecule has 0 unspecified atom stereocenters. The van der Waals surface area contributed by atoms with Crippen LogP contribution in [-0.2, 0) is 22.4 Å². The monoisotopic (exact) mass is 368 g/mol. The number of carbonyl (C=O) groups is 2. The van der Waals surface area contributed by atoms with Gasteiger partial charge in [0, 0.05) is 38.6 Å². The van der Waals surface area contributed by atoms with Crippen LogP contribution in [0.5, 0.6) is 0 Å². The lowest BCUT2D eigenvalue weighted by atomic mass is 10.1. The number of aromatic amines is 2. The molecule has 1 saturated heterocycles. The molecule has 2 N–H and O–H groups in total. The van der Waals surface area contributed by atoms with Crippen LogP contribution in [0.4, 0.5) is 0 Å². The van der Waals surface area contributed by atoms with E-state index < -0.39 is 5.76 Å². The minimum atomic E-state index is -0.506. The average molecular weight is 368 g/mol. The summed E-state index contributed by atoms with van der Waals surface area (Å²) < 4.78 is 4.97. The summed E-state index contributed by atoms with van der Waals surface area (Å²) in [6, 6.07) is 7.12. The number of oxazole rings is 1. The Morgan fingerprint density at radius 1 is 0.963 bits per heavy atom. The molecule has 0 bridgehead atoms. The molecule has 1 aliphatic heterocycles. The summed E-state index contributed by atoms with van der Waals surface area (Å²) in [5.41, 5.74) is 2.85. The highest BCUT2D eigenvalue weighted by Gasteiger charge is 2.24. The number of fused-ring (bicyclic) bond motifs is 1. The fraction of sp³-hybridized carbons (Fsp3) is 0.316. The molecular formula is C19H20N4O4. The summed E-state index contributed by atoms with van der Waals surface area (Å²) >= 11 is 0. The zero-order valence-electron chi connectivity index (χ0n) is 14.7. The summed E-state index contributed by atoms with van der Waals surface area (Å²) in [4.78, 5) is 45.2. The predicted octanol–water partition coefficient (Wildman–Crippen LogP) is 0.905. The van der Waals surface area contributed by atoms with Crippen molar-refractivity contribution >= 4 is 22.9 Å². The molecule has 140 valence electrons. The zero-order valence-corrected chi connectivity index (χ0v) is 14.7. The number of carbonyl (C=O) groups excluding carboxylic acids is 2. The van der Waals surface area contributed by atoms with E-state index in [0.29, 0.717) is 43.7 Å². The molecule has 3 heterocycles. The van der Waals surface area contributed by atoms with Crippen LogP contribution in [0.1, 0.15) is 11.1 Å². The maximum atomic E-state index is 12.6. The Kier molecular flexibility index (Phi) is 4.53. The SMILES string of the molecule is O=C(Cc1cc[nH]c1)N1CCN(C(=O)Cc2ccc3oc(=O)[nH]c3c2)CC1. The van der Waals surface area contributed by atoms with Crippen molar-refractivity contribution in [2.45, 2.75) is 12.8 Å². The van der Waals surface area contributed by atoms with E-state index >= 15 is 0 Å². The molecule has 0 saturated carbocycles. The van der Waals surface area contributed by atoms with Crippen LogP contribution in [-0.4, -0.2) is 57.8 Å². The van der Waals surface area contributed by atoms with Crippen LogP contribution >= 0.6 is 0 Å². The third-order valence-corrected chi connectivity index (χ3v) is 4.84. The third-order valence-electron chi connectivity index (χ3n) is 4.84. The molecule has 0 aliphatic carbocycles. The van der Waals surface area contributed by atoms with E-state index in [9.17, 15) is 14.4 Å². The first-order valence-electron chi connectivity index (χ1n) is 8.87. The zero-order chi connectivity index (χ0) is 18.8. The largest absolute Gasteiger partial charge is 0.417 e. The number of hydrogen-bond acceptors (Lipinski definition) is 4. The van der Waals surface area contributed by atoms with Crippen LogP contribution in [0.15, 0.2) is 45.9 Å². The first-order chi connectivity index (χ1) is 13.1. The Bertz CT molecular complexity index is 1010. The second kappa shape index (κ2) is 7.14. The maximum absolute atomic E-state index is 12.6. The van der Waals surface area contributed by atoms with Gasteiger partial charge in [-0.05, 0) is 29.3 Å². The predicted molar refractivity (Wildman–Crippen MR) is 98.2 cm³/mol. The number of nitrogens with zero attached hydrogens (tertiary/aromatic N) is 2. The topological polar surface area (TPSA) is 102 Å². The van der Waals surface area contributed by atoms with Gasteiger partial charge in [0.1, 0.15) is 0 Å². The quantitative estimate of drug-likeness (QED) is 0.714. The number of hydrogen-bond donors (Lipinski definition) is 2. The summed E-state index contributed by atoms with van der Waals surface area (Å²) in [6.07, 6.45) is 4.25. The van der Waals surface area contributed by atoms with Crippen LogP contribution in [0.25, 0.3) is 11.1 Å². The Labute approximate surface area is 154 Å². The first-order valence-corrected chi connectivity index (χ1v) is 8.87. The smallest absolute Gasteiger partial charge is 0.408 e. The maximum Gasteiger partial charge on any atom is 0.417 e. The van der Waals surface area contributed by atoms with E-state index in [0.717, 1.165) is 11.1 Å². The molecule has 8 heteroatoms. The summed E-state index contributed by atoms with van der Waals surface area (Å²) in [5.74, 6) is -0.414. The lowest BCUT2D eigenvalue weighted by Crippen LogP contribution is -2.51. The van der Waals surface area contributed by atoms with Gasteiger partial charge in [-0.25, -0.2) is 4.79 Å². The number of piperazine rings is 1. The Balaban J connectivity index is 1.32. The minimum Gasteiger partial charge on any atom is -0.408 e. The number of H-pyrrole nitrogens is 2. The normalized spacial score (nSPS) is 14.7. The van der Waals surface area contributed by atoms with Gasteiger partial charge in [0.25, 0.3) is 0 Å². The number of benzene rings is 1. The minimum absolute atomic E-state index is 0.0120. The Morgan fingerprint density at radius 2 is 1.63 bits per heavy atom. The van der Waals surface area contributed by atoms with E-state index in [-0.39, 0.29) is 18.2 Å². The lowest BCUT2D eigenvalue weighted by molar-refractivity contribution is -0.138. The van der Waals surface area contributed by atoms with Crippen molar-refractivity contribution < 1.29 is 14.0 Å². The average Bonchev–Trinajstić information content (AvgIpc) is 3.30. The fourth-order valence-electron chi connectivity index (χ4n) is 3.36. The molecule has 2 amide bonds. The summed E-state index contributed by atoms with van der Waals surface area (Å²) in [5, 5.41) is 0. The molecule has 8 nitrogen and oxygen atoms in total. The van der Waals surface area contributed by atoms with Gasteiger partial charge in [0.05, 0.1) is 18.4 Å². The molecule has 1 fully saturated rings. The van der Waals surface area contributed by atoms with Gasteiger partial charge in [0.2, 0.25) is 11.8 Å². The van der Waals surface area contributed by atoms with E-state index in [1.807, 2.05) is 12.3 Å². The number of nitrogens with one attached hydrogen (secondary N) is 2. The van der Waals surface area contributed by atoms with Gasteiger partial charge < -0.3 is 19.2 Å². The molecule has 1 aromatic carbocycles.